The SMILES string of the molecule is CCOC(=O)c1c(C)[nH]c(C(=O)O[C@H](C)C(=O)Nc2ccnn2[C@H](C)CC)c1C. The first-order chi connectivity index (χ1) is 13.7. The fourth-order valence-electron chi connectivity index (χ4n) is 2.90. The lowest BCUT2D eigenvalue weighted by Crippen LogP contribution is -2.31. The molecular weight excluding hydrogens is 376 g/mol. The Hall–Kier alpha value is -3.10. The minimum atomic E-state index is -1.04. The van der Waals surface area contributed by atoms with Crippen LogP contribution in [0.5, 0.6) is 0 Å². The van der Waals surface area contributed by atoms with Gasteiger partial charge in [-0.3, -0.25) is 4.79 Å². The Balaban J connectivity index is 2.09. The normalized spacial score (nSPS) is 12.9. The Morgan fingerprint density at radius 1 is 1.21 bits per heavy atom. The van der Waals surface area contributed by atoms with E-state index in [1.807, 2.05) is 13.8 Å². The summed E-state index contributed by atoms with van der Waals surface area (Å²) in [4.78, 5) is 40.0. The molecule has 0 bridgehead atoms. The summed E-state index contributed by atoms with van der Waals surface area (Å²) in [6, 6.07) is 1.80. The van der Waals surface area contributed by atoms with Crippen molar-refractivity contribution < 1.29 is 23.9 Å². The van der Waals surface area contributed by atoms with Crippen LogP contribution < -0.4 is 5.32 Å². The van der Waals surface area contributed by atoms with Crippen LogP contribution in [0.3, 0.4) is 0 Å². The molecule has 0 aliphatic carbocycles. The topological polar surface area (TPSA) is 115 Å². The molecule has 158 valence electrons. The van der Waals surface area contributed by atoms with Gasteiger partial charge in [-0.25, -0.2) is 14.3 Å². The molecule has 9 heteroatoms. The van der Waals surface area contributed by atoms with Gasteiger partial charge in [-0.1, -0.05) is 6.92 Å². The smallest absolute Gasteiger partial charge is 0.355 e. The zero-order valence-corrected chi connectivity index (χ0v) is 17.7. The molecule has 0 fully saturated rings. The van der Waals surface area contributed by atoms with Crippen LogP contribution in [-0.4, -0.2) is 45.3 Å². The molecule has 0 unspecified atom stereocenters. The van der Waals surface area contributed by atoms with Crippen molar-refractivity contribution in [1.29, 1.82) is 0 Å². The summed E-state index contributed by atoms with van der Waals surface area (Å²) in [5.74, 6) is -1.18. The van der Waals surface area contributed by atoms with E-state index < -0.39 is 23.9 Å². The number of carbonyl (C=O) groups is 3. The van der Waals surface area contributed by atoms with Gasteiger partial charge in [0.15, 0.2) is 6.10 Å². The fourth-order valence-corrected chi connectivity index (χ4v) is 2.90. The van der Waals surface area contributed by atoms with Gasteiger partial charge in [0.05, 0.1) is 24.4 Å². The van der Waals surface area contributed by atoms with Crippen LogP contribution in [0.4, 0.5) is 5.82 Å². The lowest BCUT2D eigenvalue weighted by atomic mass is 10.1. The van der Waals surface area contributed by atoms with Crippen LogP contribution in [0, 0.1) is 13.8 Å². The summed E-state index contributed by atoms with van der Waals surface area (Å²) in [7, 11) is 0. The average Bonchev–Trinajstić information content (AvgIpc) is 3.25. The fraction of sp³-hybridized carbons (Fsp3) is 0.500. The van der Waals surface area contributed by atoms with E-state index in [0.717, 1.165) is 6.42 Å². The van der Waals surface area contributed by atoms with Gasteiger partial charge in [0, 0.05) is 11.8 Å². The van der Waals surface area contributed by atoms with Crippen LogP contribution in [0.1, 0.15) is 72.3 Å². The molecular formula is C20H28N4O5. The van der Waals surface area contributed by atoms with Crippen molar-refractivity contribution in [2.24, 2.45) is 0 Å². The lowest BCUT2D eigenvalue weighted by molar-refractivity contribution is -0.123. The first kappa shape index (κ1) is 22.2. The average molecular weight is 404 g/mol. The van der Waals surface area contributed by atoms with Crippen molar-refractivity contribution in [1.82, 2.24) is 14.8 Å². The number of H-pyrrole nitrogens is 1. The predicted molar refractivity (Wildman–Crippen MR) is 107 cm³/mol. The molecule has 0 aromatic carbocycles. The van der Waals surface area contributed by atoms with E-state index in [1.165, 1.54) is 6.92 Å². The monoisotopic (exact) mass is 404 g/mol. The van der Waals surface area contributed by atoms with Crippen molar-refractivity contribution in [2.45, 2.75) is 60.1 Å². The third-order valence-electron chi connectivity index (χ3n) is 4.70. The number of anilines is 1. The van der Waals surface area contributed by atoms with E-state index >= 15 is 0 Å². The minimum absolute atomic E-state index is 0.115. The van der Waals surface area contributed by atoms with Gasteiger partial charge in [0.2, 0.25) is 0 Å². The standard InChI is InChI=1S/C20H28N4O5/c1-7-11(3)24-15(9-10-21-24)23-18(25)14(6)29-20(27)17-12(4)16(13(5)22-17)19(26)28-8-2/h9-11,14,22H,7-8H2,1-6H3,(H,23,25)/t11-,14-/m1/s1. The molecule has 29 heavy (non-hydrogen) atoms. The molecule has 0 radical (unpaired) electrons. The van der Waals surface area contributed by atoms with Crippen LogP contribution in [0.2, 0.25) is 0 Å². The first-order valence-electron chi connectivity index (χ1n) is 9.62. The lowest BCUT2D eigenvalue weighted by Gasteiger charge is -2.17. The number of amides is 1. The number of aromatic nitrogens is 3. The number of nitrogens with one attached hydrogen (secondary N) is 2. The zero-order chi connectivity index (χ0) is 21.7. The number of rotatable bonds is 8. The quantitative estimate of drug-likeness (QED) is 0.653. The second-order valence-corrected chi connectivity index (χ2v) is 6.80. The molecule has 0 aliphatic heterocycles. The van der Waals surface area contributed by atoms with Gasteiger partial charge in [-0.15, -0.1) is 0 Å². The van der Waals surface area contributed by atoms with Crippen molar-refractivity contribution in [2.75, 3.05) is 11.9 Å². The number of hydrogen-bond donors (Lipinski definition) is 2. The van der Waals surface area contributed by atoms with Gasteiger partial charge in [-0.05, 0) is 46.6 Å². The summed E-state index contributed by atoms with van der Waals surface area (Å²) in [6.45, 7) is 10.7. The largest absolute Gasteiger partial charge is 0.462 e. The van der Waals surface area contributed by atoms with Crippen molar-refractivity contribution in [3.63, 3.8) is 0 Å². The number of esters is 2. The van der Waals surface area contributed by atoms with E-state index in [2.05, 4.69) is 15.4 Å². The second kappa shape index (κ2) is 9.40. The van der Waals surface area contributed by atoms with Crippen molar-refractivity contribution >= 4 is 23.7 Å². The summed E-state index contributed by atoms with van der Waals surface area (Å²) in [6.07, 6.45) is 1.40. The van der Waals surface area contributed by atoms with E-state index in [4.69, 9.17) is 9.47 Å². The highest BCUT2D eigenvalue weighted by Crippen LogP contribution is 2.21. The van der Waals surface area contributed by atoms with E-state index in [-0.39, 0.29) is 18.3 Å². The number of hydrogen-bond acceptors (Lipinski definition) is 6. The molecule has 2 rings (SSSR count). The highest BCUT2D eigenvalue weighted by atomic mass is 16.5. The third kappa shape index (κ3) is 4.85. The Bertz CT molecular complexity index is 899. The van der Waals surface area contributed by atoms with Gasteiger partial charge in [0.1, 0.15) is 11.5 Å². The van der Waals surface area contributed by atoms with Gasteiger partial charge in [-0.2, -0.15) is 5.10 Å². The van der Waals surface area contributed by atoms with Crippen LogP contribution in [0.25, 0.3) is 0 Å². The molecule has 9 nitrogen and oxygen atoms in total. The minimum Gasteiger partial charge on any atom is -0.462 e. The van der Waals surface area contributed by atoms with E-state index in [9.17, 15) is 14.4 Å². The molecule has 2 N–H and O–H groups in total. The highest BCUT2D eigenvalue weighted by Gasteiger charge is 2.27. The highest BCUT2D eigenvalue weighted by molar-refractivity contribution is 6.00. The predicted octanol–water partition coefficient (Wildman–Crippen LogP) is 3.16. The Morgan fingerprint density at radius 3 is 2.52 bits per heavy atom. The summed E-state index contributed by atoms with van der Waals surface area (Å²) in [5, 5.41) is 6.94. The second-order valence-electron chi connectivity index (χ2n) is 6.80. The van der Waals surface area contributed by atoms with Gasteiger partial charge >= 0.3 is 11.9 Å². The van der Waals surface area contributed by atoms with E-state index in [0.29, 0.717) is 22.6 Å². The van der Waals surface area contributed by atoms with Crippen LogP contribution in [0.15, 0.2) is 12.3 Å². The van der Waals surface area contributed by atoms with Crippen LogP contribution in [-0.2, 0) is 14.3 Å². The molecule has 0 spiro atoms. The Labute approximate surface area is 169 Å². The van der Waals surface area contributed by atoms with E-state index in [1.54, 1.807) is 37.7 Å². The van der Waals surface area contributed by atoms with Crippen molar-refractivity contribution in [3.8, 4) is 0 Å². The van der Waals surface area contributed by atoms with Gasteiger partial charge < -0.3 is 19.8 Å². The molecule has 2 heterocycles. The van der Waals surface area contributed by atoms with Gasteiger partial charge in [0.25, 0.3) is 5.91 Å². The number of aromatic amines is 1. The first-order valence-corrected chi connectivity index (χ1v) is 9.62. The number of ether oxygens (including phenoxy) is 2. The maximum Gasteiger partial charge on any atom is 0.355 e. The maximum atomic E-state index is 12.5. The maximum absolute atomic E-state index is 12.5. The molecule has 0 saturated heterocycles. The molecule has 0 aliphatic rings. The van der Waals surface area contributed by atoms with Crippen molar-refractivity contribution in [3.05, 3.63) is 34.8 Å². The molecule has 2 aromatic heterocycles. The summed E-state index contributed by atoms with van der Waals surface area (Å²) in [5.41, 5.74) is 1.35. The number of carbonyl (C=O) groups excluding carboxylic acids is 3. The Kier molecular flexibility index (Phi) is 7.19. The zero-order valence-electron chi connectivity index (χ0n) is 17.7. The molecule has 2 aromatic rings. The molecule has 0 saturated carbocycles. The number of aryl methyl sites for hydroxylation is 1. The van der Waals surface area contributed by atoms with Crippen LogP contribution >= 0.6 is 0 Å². The third-order valence-corrected chi connectivity index (χ3v) is 4.70. The molecule has 2 atom stereocenters. The summed E-state index contributed by atoms with van der Waals surface area (Å²) >= 11 is 0. The Morgan fingerprint density at radius 2 is 1.90 bits per heavy atom. The molecule has 1 amide bonds. The summed E-state index contributed by atoms with van der Waals surface area (Å²) < 4.78 is 12.0. The number of nitrogens with zero attached hydrogens (tertiary/aromatic N) is 2.